The van der Waals surface area contributed by atoms with Crippen molar-refractivity contribution in [1.82, 2.24) is 20.1 Å². The molecule has 5 nitrogen and oxygen atoms in total. The predicted octanol–water partition coefficient (Wildman–Crippen LogP) is 1.78. The highest BCUT2D eigenvalue weighted by molar-refractivity contribution is 5.38. The van der Waals surface area contributed by atoms with Gasteiger partial charge in [0, 0.05) is 12.6 Å². The van der Waals surface area contributed by atoms with Crippen molar-refractivity contribution in [2.45, 2.75) is 38.9 Å². The molecule has 20 heavy (non-hydrogen) atoms. The van der Waals surface area contributed by atoms with Crippen LogP contribution in [-0.2, 0) is 19.5 Å². The van der Waals surface area contributed by atoms with E-state index in [2.05, 4.69) is 40.5 Å². The molecule has 0 aliphatic carbocycles. The van der Waals surface area contributed by atoms with Crippen molar-refractivity contribution in [3.8, 4) is 5.75 Å². The Morgan fingerprint density at radius 2 is 2.40 bits per heavy atom. The highest BCUT2D eigenvalue weighted by Crippen LogP contribution is 2.25. The molecule has 5 heteroatoms. The second-order valence-electron chi connectivity index (χ2n) is 5.29. The van der Waals surface area contributed by atoms with E-state index in [-0.39, 0.29) is 0 Å². The van der Waals surface area contributed by atoms with Crippen LogP contribution in [0.25, 0.3) is 0 Å². The van der Waals surface area contributed by atoms with E-state index in [4.69, 9.17) is 4.74 Å². The highest BCUT2D eigenvalue weighted by atomic mass is 16.5. The zero-order valence-corrected chi connectivity index (χ0v) is 11.7. The van der Waals surface area contributed by atoms with Crippen LogP contribution >= 0.6 is 0 Å². The van der Waals surface area contributed by atoms with Gasteiger partial charge in [-0.3, -0.25) is 4.68 Å². The molecule has 1 N–H and O–H groups in total. The van der Waals surface area contributed by atoms with Crippen molar-refractivity contribution in [1.29, 1.82) is 0 Å². The summed E-state index contributed by atoms with van der Waals surface area (Å²) >= 11 is 0. The molecule has 0 amide bonds. The molecule has 0 bridgehead atoms. The van der Waals surface area contributed by atoms with Crippen LogP contribution in [0.2, 0.25) is 0 Å². The first-order chi connectivity index (χ1) is 9.81. The summed E-state index contributed by atoms with van der Waals surface area (Å²) in [5.74, 6) is 1.05. The maximum atomic E-state index is 5.64. The highest BCUT2D eigenvalue weighted by Gasteiger charge is 2.11. The predicted molar refractivity (Wildman–Crippen MR) is 76.6 cm³/mol. The van der Waals surface area contributed by atoms with E-state index in [1.807, 2.05) is 4.68 Å². The topological polar surface area (TPSA) is 52.0 Å². The van der Waals surface area contributed by atoms with Gasteiger partial charge in [-0.25, -0.2) is 4.98 Å². The zero-order chi connectivity index (χ0) is 13.8. The van der Waals surface area contributed by atoms with Gasteiger partial charge in [-0.1, -0.05) is 12.1 Å². The van der Waals surface area contributed by atoms with Crippen LogP contribution < -0.4 is 10.1 Å². The fourth-order valence-electron chi connectivity index (χ4n) is 2.49. The van der Waals surface area contributed by atoms with Gasteiger partial charge in [0.15, 0.2) is 0 Å². The van der Waals surface area contributed by atoms with Gasteiger partial charge in [-0.2, -0.15) is 5.10 Å². The fourth-order valence-corrected chi connectivity index (χ4v) is 2.49. The summed E-state index contributed by atoms with van der Waals surface area (Å²) in [6.45, 7) is 4.69. The average molecular weight is 272 g/mol. The van der Waals surface area contributed by atoms with Crippen molar-refractivity contribution in [2.24, 2.45) is 0 Å². The molecule has 0 saturated carbocycles. The Morgan fingerprint density at radius 1 is 1.45 bits per heavy atom. The monoisotopic (exact) mass is 272 g/mol. The average Bonchev–Trinajstić information content (AvgIpc) is 2.98. The van der Waals surface area contributed by atoms with Gasteiger partial charge in [-0.15, -0.1) is 0 Å². The molecule has 0 fully saturated rings. The largest absolute Gasteiger partial charge is 0.493 e. The lowest BCUT2D eigenvalue weighted by Gasteiger charge is -2.19. The lowest BCUT2D eigenvalue weighted by molar-refractivity contribution is 0.288. The summed E-state index contributed by atoms with van der Waals surface area (Å²) < 4.78 is 7.48. The number of fused-ring (bicyclic) bond motifs is 1. The molecule has 1 atom stereocenters. The summed E-state index contributed by atoms with van der Waals surface area (Å²) in [4.78, 5) is 3.95. The smallest absolute Gasteiger partial charge is 0.137 e. The Kier molecular flexibility index (Phi) is 3.97. The van der Waals surface area contributed by atoms with Crippen molar-refractivity contribution >= 4 is 0 Å². The Labute approximate surface area is 119 Å². The summed E-state index contributed by atoms with van der Waals surface area (Å²) in [6, 6.07) is 6.83. The number of aromatic nitrogens is 3. The molecule has 2 heterocycles. The first-order valence-corrected chi connectivity index (χ1v) is 7.11. The Balaban J connectivity index is 1.55. The number of hydrogen-bond donors (Lipinski definition) is 1. The third-order valence-corrected chi connectivity index (χ3v) is 3.56. The Hall–Kier alpha value is -1.88. The van der Waals surface area contributed by atoms with Gasteiger partial charge in [0.2, 0.25) is 0 Å². The first kappa shape index (κ1) is 13.1. The lowest BCUT2D eigenvalue weighted by Crippen LogP contribution is -2.30. The molecule has 1 aromatic carbocycles. The zero-order valence-electron chi connectivity index (χ0n) is 11.7. The molecule has 1 aliphatic rings. The van der Waals surface area contributed by atoms with Crippen LogP contribution in [0.3, 0.4) is 0 Å². The van der Waals surface area contributed by atoms with Crippen molar-refractivity contribution < 1.29 is 4.74 Å². The molecule has 0 radical (unpaired) electrons. The van der Waals surface area contributed by atoms with Gasteiger partial charge < -0.3 is 10.1 Å². The van der Waals surface area contributed by atoms with E-state index in [0.717, 1.165) is 38.3 Å². The summed E-state index contributed by atoms with van der Waals surface area (Å²) in [5, 5.41) is 7.63. The van der Waals surface area contributed by atoms with E-state index >= 15 is 0 Å². The van der Waals surface area contributed by atoms with E-state index in [1.165, 1.54) is 11.1 Å². The van der Waals surface area contributed by atoms with Gasteiger partial charge in [0.05, 0.1) is 13.2 Å². The fraction of sp³-hybridized carbons (Fsp3) is 0.467. The Morgan fingerprint density at radius 3 is 3.25 bits per heavy atom. The number of aryl methyl sites for hydroxylation is 1. The van der Waals surface area contributed by atoms with Crippen LogP contribution in [0.15, 0.2) is 30.9 Å². The number of rotatable bonds is 5. The summed E-state index contributed by atoms with van der Waals surface area (Å²) in [7, 11) is 0. The number of ether oxygens (including phenoxy) is 1. The number of hydrogen-bond acceptors (Lipinski definition) is 4. The standard InChI is InChI=1S/C15H20N4O/c1-12(9-19-11-16-10-18-19)17-8-13-4-5-15-14(7-13)3-2-6-20-15/h4-5,7,10-12,17H,2-3,6,8-9H2,1H3/t12-/m1/s1. The van der Waals surface area contributed by atoms with E-state index in [9.17, 15) is 0 Å². The maximum absolute atomic E-state index is 5.64. The molecular weight excluding hydrogens is 252 g/mol. The number of nitrogens with one attached hydrogen (secondary N) is 1. The van der Waals surface area contributed by atoms with E-state index < -0.39 is 0 Å². The van der Waals surface area contributed by atoms with Gasteiger partial charge in [0.1, 0.15) is 18.4 Å². The second-order valence-corrected chi connectivity index (χ2v) is 5.29. The van der Waals surface area contributed by atoms with Gasteiger partial charge in [-0.05, 0) is 37.0 Å². The third kappa shape index (κ3) is 3.17. The van der Waals surface area contributed by atoms with E-state index in [0.29, 0.717) is 6.04 Å². The third-order valence-electron chi connectivity index (χ3n) is 3.56. The van der Waals surface area contributed by atoms with Crippen molar-refractivity contribution in [2.75, 3.05) is 6.61 Å². The van der Waals surface area contributed by atoms with Crippen molar-refractivity contribution in [3.05, 3.63) is 42.0 Å². The van der Waals surface area contributed by atoms with Crippen LogP contribution in [0.5, 0.6) is 5.75 Å². The minimum Gasteiger partial charge on any atom is -0.493 e. The Bertz CT molecular complexity index is 553. The molecule has 1 aliphatic heterocycles. The quantitative estimate of drug-likeness (QED) is 0.901. The second kappa shape index (κ2) is 6.05. The van der Waals surface area contributed by atoms with Gasteiger partial charge in [0.25, 0.3) is 0 Å². The normalized spacial score (nSPS) is 15.4. The van der Waals surface area contributed by atoms with Crippen LogP contribution in [0.1, 0.15) is 24.5 Å². The molecular formula is C15H20N4O. The first-order valence-electron chi connectivity index (χ1n) is 7.11. The summed E-state index contributed by atoms with van der Waals surface area (Å²) in [5.41, 5.74) is 2.64. The summed E-state index contributed by atoms with van der Waals surface area (Å²) in [6.07, 6.45) is 5.55. The molecule has 106 valence electrons. The molecule has 0 unspecified atom stereocenters. The number of benzene rings is 1. The van der Waals surface area contributed by atoms with Crippen LogP contribution in [0.4, 0.5) is 0 Å². The van der Waals surface area contributed by atoms with Gasteiger partial charge >= 0.3 is 0 Å². The maximum Gasteiger partial charge on any atom is 0.137 e. The molecule has 2 aromatic rings. The molecule has 0 spiro atoms. The minimum absolute atomic E-state index is 0.351. The van der Waals surface area contributed by atoms with Crippen LogP contribution in [0, 0.1) is 0 Å². The lowest BCUT2D eigenvalue weighted by atomic mass is 10.0. The van der Waals surface area contributed by atoms with Crippen molar-refractivity contribution in [3.63, 3.8) is 0 Å². The SMILES string of the molecule is C[C@H](Cn1cncn1)NCc1ccc2c(c1)CCCO2. The molecule has 0 saturated heterocycles. The van der Waals surface area contributed by atoms with Crippen LogP contribution in [-0.4, -0.2) is 27.4 Å². The molecule has 3 rings (SSSR count). The molecule has 1 aromatic heterocycles. The minimum atomic E-state index is 0.351. The van der Waals surface area contributed by atoms with E-state index in [1.54, 1.807) is 12.7 Å². The number of nitrogens with zero attached hydrogens (tertiary/aromatic N) is 3.